The Kier molecular flexibility index (Phi) is 4.48. The summed E-state index contributed by atoms with van der Waals surface area (Å²) in [5.41, 5.74) is 3.20. The number of imidazole rings is 1. The molecule has 0 atom stereocenters. The van der Waals surface area contributed by atoms with Crippen LogP contribution in [0.15, 0.2) is 24.4 Å². The maximum atomic E-state index is 6.04. The van der Waals surface area contributed by atoms with E-state index in [1.807, 2.05) is 25.1 Å². The molecule has 0 aliphatic rings. The molecule has 1 heterocycles. The molecule has 1 aromatic heterocycles. The third kappa shape index (κ3) is 3.51. The van der Waals surface area contributed by atoms with Crippen LogP contribution in [0.4, 0.5) is 11.6 Å². The van der Waals surface area contributed by atoms with Gasteiger partial charge in [0.15, 0.2) is 0 Å². The van der Waals surface area contributed by atoms with Crippen molar-refractivity contribution < 1.29 is 0 Å². The summed E-state index contributed by atoms with van der Waals surface area (Å²) in [6.45, 7) is 7.25. The van der Waals surface area contributed by atoms with E-state index in [1.54, 1.807) is 0 Å². The van der Waals surface area contributed by atoms with Crippen LogP contribution >= 0.6 is 11.6 Å². The molecule has 1 aromatic carbocycles. The average molecular weight is 278 g/mol. The molecule has 0 aliphatic heterocycles. The first kappa shape index (κ1) is 13.9. The van der Waals surface area contributed by atoms with Gasteiger partial charge in [0.05, 0.1) is 5.69 Å². The lowest BCUT2D eigenvalue weighted by Crippen LogP contribution is -2.04. The van der Waals surface area contributed by atoms with Crippen molar-refractivity contribution in [2.45, 2.75) is 40.2 Å². The Hall–Kier alpha value is -1.48. The molecule has 4 heteroatoms. The Morgan fingerprint density at radius 2 is 2.11 bits per heavy atom. The van der Waals surface area contributed by atoms with Crippen molar-refractivity contribution >= 4 is 23.2 Å². The number of nitrogens with zero attached hydrogens (tertiary/aromatic N) is 2. The minimum atomic E-state index is 0.733. The van der Waals surface area contributed by atoms with Crippen LogP contribution < -0.4 is 5.32 Å². The summed E-state index contributed by atoms with van der Waals surface area (Å²) in [6, 6.07) is 5.85. The van der Waals surface area contributed by atoms with Crippen LogP contribution in [0.1, 0.15) is 31.0 Å². The first-order chi connectivity index (χ1) is 9.10. The number of aryl methyl sites for hydroxylation is 3. The van der Waals surface area contributed by atoms with E-state index in [4.69, 9.17) is 11.6 Å². The SMILES string of the molecule is CCCCn1cc(C)nc1Nc1cc(Cl)ccc1C. The van der Waals surface area contributed by atoms with Gasteiger partial charge in [0.1, 0.15) is 0 Å². The van der Waals surface area contributed by atoms with Gasteiger partial charge in [-0.3, -0.25) is 0 Å². The molecule has 1 N–H and O–H groups in total. The predicted molar refractivity (Wildman–Crippen MR) is 81.3 cm³/mol. The summed E-state index contributed by atoms with van der Waals surface area (Å²) in [5, 5.41) is 4.11. The number of hydrogen-bond donors (Lipinski definition) is 1. The van der Waals surface area contributed by atoms with E-state index in [2.05, 4.69) is 34.9 Å². The van der Waals surface area contributed by atoms with Gasteiger partial charge in [0.25, 0.3) is 0 Å². The van der Waals surface area contributed by atoms with E-state index in [1.165, 1.54) is 6.42 Å². The van der Waals surface area contributed by atoms with Crippen LogP contribution in [0.2, 0.25) is 5.02 Å². The molecule has 0 spiro atoms. The van der Waals surface area contributed by atoms with E-state index in [9.17, 15) is 0 Å². The normalized spacial score (nSPS) is 10.7. The maximum Gasteiger partial charge on any atom is 0.207 e. The Morgan fingerprint density at radius 3 is 2.84 bits per heavy atom. The quantitative estimate of drug-likeness (QED) is 0.859. The van der Waals surface area contributed by atoms with Crippen LogP contribution in [-0.4, -0.2) is 9.55 Å². The number of hydrogen-bond acceptors (Lipinski definition) is 2. The fraction of sp³-hybridized carbons (Fsp3) is 0.400. The predicted octanol–water partition coefficient (Wildman–Crippen LogP) is 4.70. The summed E-state index contributed by atoms with van der Waals surface area (Å²) < 4.78 is 2.17. The third-order valence-electron chi connectivity index (χ3n) is 3.10. The van der Waals surface area contributed by atoms with Crippen LogP contribution in [0.3, 0.4) is 0 Å². The van der Waals surface area contributed by atoms with Crippen LogP contribution in [0.5, 0.6) is 0 Å². The largest absolute Gasteiger partial charge is 0.325 e. The van der Waals surface area contributed by atoms with Crippen molar-refractivity contribution in [3.63, 3.8) is 0 Å². The Bertz CT molecular complexity index is 561. The first-order valence-electron chi connectivity index (χ1n) is 6.67. The third-order valence-corrected chi connectivity index (χ3v) is 3.33. The van der Waals surface area contributed by atoms with E-state index in [0.717, 1.165) is 40.9 Å². The Balaban J connectivity index is 2.24. The zero-order valence-corrected chi connectivity index (χ0v) is 12.5. The molecule has 0 amide bonds. The van der Waals surface area contributed by atoms with E-state index in [-0.39, 0.29) is 0 Å². The monoisotopic (exact) mass is 277 g/mol. The standard InChI is InChI=1S/C15H20ClN3/c1-4-5-8-19-10-12(3)17-15(19)18-14-9-13(16)7-6-11(14)2/h6-7,9-10H,4-5,8H2,1-3H3,(H,17,18). The second-order valence-electron chi connectivity index (χ2n) is 4.84. The molecule has 0 saturated heterocycles. The molecule has 102 valence electrons. The summed E-state index contributed by atoms with van der Waals surface area (Å²) in [5.74, 6) is 0.885. The molecule has 2 aromatic rings. The first-order valence-corrected chi connectivity index (χ1v) is 7.05. The van der Waals surface area contributed by atoms with Gasteiger partial charge in [0, 0.05) is 23.5 Å². The van der Waals surface area contributed by atoms with Crippen molar-refractivity contribution in [3.8, 4) is 0 Å². The zero-order valence-electron chi connectivity index (χ0n) is 11.7. The van der Waals surface area contributed by atoms with Crippen LogP contribution in [-0.2, 0) is 6.54 Å². The highest BCUT2D eigenvalue weighted by molar-refractivity contribution is 6.30. The number of halogens is 1. The van der Waals surface area contributed by atoms with Crippen molar-refractivity contribution in [1.82, 2.24) is 9.55 Å². The van der Waals surface area contributed by atoms with Gasteiger partial charge in [0.2, 0.25) is 5.95 Å². The minimum absolute atomic E-state index is 0.733. The number of aromatic nitrogens is 2. The van der Waals surface area contributed by atoms with Gasteiger partial charge < -0.3 is 9.88 Å². The highest BCUT2D eigenvalue weighted by Crippen LogP contribution is 2.24. The molecular formula is C15H20ClN3. The lowest BCUT2D eigenvalue weighted by molar-refractivity contribution is 0.637. The number of anilines is 2. The molecule has 0 bridgehead atoms. The Labute approximate surface area is 119 Å². The number of nitrogens with one attached hydrogen (secondary N) is 1. The Morgan fingerprint density at radius 1 is 1.32 bits per heavy atom. The zero-order chi connectivity index (χ0) is 13.8. The molecule has 2 rings (SSSR count). The molecule has 0 radical (unpaired) electrons. The van der Waals surface area contributed by atoms with Gasteiger partial charge in [-0.05, 0) is 38.0 Å². The van der Waals surface area contributed by atoms with Gasteiger partial charge in [-0.2, -0.15) is 0 Å². The smallest absolute Gasteiger partial charge is 0.207 e. The summed E-state index contributed by atoms with van der Waals surface area (Å²) in [4.78, 5) is 4.54. The van der Waals surface area contributed by atoms with Crippen molar-refractivity contribution in [3.05, 3.63) is 40.7 Å². The van der Waals surface area contributed by atoms with Crippen LogP contribution in [0.25, 0.3) is 0 Å². The fourth-order valence-electron chi connectivity index (χ4n) is 1.99. The molecule has 0 unspecified atom stereocenters. The van der Waals surface area contributed by atoms with Crippen molar-refractivity contribution in [2.75, 3.05) is 5.32 Å². The molecule has 3 nitrogen and oxygen atoms in total. The van der Waals surface area contributed by atoms with Crippen molar-refractivity contribution in [2.24, 2.45) is 0 Å². The highest BCUT2D eigenvalue weighted by atomic mass is 35.5. The van der Waals surface area contributed by atoms with Crippen molar-refractivity contribution in [1.29, 1.82) is 0 Å². The summed E-state index contributed by atoms with van der Waals surface area (Å²) in [7, 11) is 0. The minimum Gasteiger partial charge on any atom is -0.325 e. The van der Waals surface area contributed by atoms with Gasteiger partial charge in [-0.25, -0.2) is 4.98 Å². The van der Waals surface area contributed by atoms with E-state index >= 15 is 0 Å². The highest BCUT2D eigenvalue weighted by Gasteiger charge is 2.07. The molecule has 0 saturated carbocycles. The van der Waals surface area contributed by atoms with E-state index < -0.39 is 0 Å². The number of unbranched alkanes of at least 4 members (excludes halogenated alkanes) is 1. The number of benzene rings is 1. The molecule has 0 aliphatic carbocycles. The lowest BCUT2D eigenvalue weighted by atomic mass is 10.2. The maximum absolute atomic E-state index is 6.04. The average Bonchev–Trinajstić information content (AvgIpc) is 2.71. The summed E-state index contributed by atoms with van der Waals surface area (Å²) >= 11 is 6.04. The van der Waals surface area contributed by atoms with Gasteiger partial charge in [-0.1, -0.05) is 31.0 Å². The fourth-order valence-corrected chi connectivity index (χ4v) is 2.17. The molecule has 0 fully saturated rings. The van der Waals surface area contributed by atoms with E-state index in [0.29, 0.717) is 0 Å². The van der Waals surface area contributed by atoms with Crippen LogP contribution in [0, 0.1) is 13.8 Å². The number of rotatable bonds is 5. The second kappa shape index (κ2) is 6.11. The van der Waals surface area contributed by atoms with Gasteiger partial charge >= 0.3 is 0 Å². The summed E-state index contributed by atoms with van der Waals surface area (Å²) in [6.07, 6.45) is 4.41. The molecule has 19 heavy (non-hydrogen) atoms. The topological polar surface area (TPSA) is 29.9 Å². The van der Waals surface area contributed by atoms with Gasteiger partial charge in [-0.15, -0.1) is 0 Å². The molecular weight excluding hydrogens is 258 g/mol. The lowest BCUT2D eigenvalue weighted by Gasteiger charge is -2.11. The second-order valence-corrected chi connectivity index (χ2v) is 5.27.